The van der Waals surface area contributed by atoms with Gasteiger partial charge in [0.15, 0.2) is 0 Å². The Morgan fingerprint density at radius 3 is 3.06 bits per heavy atom. The molecule has 2 rings (SSSR count). The maximum absolute atomic E-state index is 11.5. The lowest BCUT2D eigenvalue weighted by molar-refractivity contribution is 0.0516. The minimum atomic E-state index is -0.573. The average molecular weight is 312 g/mol. The molecule has 0 atom stereocenters. The minimum absolute atomic E-state index is 0.0248. The first-order valence-corrected chi connectivity index (χ1v) is 6.01. The van der Waals surface area contributed by atoms with E-state index in [0.29, 0.717) is 5.75 Å². The number of benzene rings is 1. The number of H-pyrrole nitrogens is 1. The second-order valence-corrected chi connectivity index (χ2v) is 4.19. The highest BCUT2D eigenvalue weighted by molar-refractivity contribution is 9.10. The summed E-state index contributed by atoms with van der Waals surface area (Å²) in [4.78, 5) is 11.5. The third-order valence-corrected chi connectivity index (χ3v) is 2.49. The predicted octanol–water partition coefficient (Wildman–Crippen LogP) is 2.54. The normalized spacial score (nSPS) is 10.1. The van der Waals surface area contributed by atoms with E-state index in [2.05, 4.69) is 31.3 Å². The Kier molecular flexibility index (Phi) is 3.93. The SMILES string of the molecule is CCOC(=O)c1nn[nH]c1Oc1cccc(Br)c1. The molecule has 7 heteroatoms. The largest absolute Gasteiger partial charge is 0.461 e. The molecule has 0 radical (unpaired) electrons. The van der Waals surface area contributed by atoms with Gasteiger partial charge in [0.2, 0.25) is 5.69 Å². The Bertz CT molecular complexity index is 556. The molecule has 0 aliphatic heterocycles. The van der Waals surface area contributed by atoms with E-state index < -0.39 is 5.97 Å². The van der Waals surface area contributed by atoms with Crippen molar-refractivity contribution in [3.63, 3.8) is 0 Å². The summed E-state index contributed by atoms with van der Waals surface area (Å²) in [6.07, 6.45) is 0. The monoisotopic (exact) mass is 311 g/mol. The molecule has 0 amide bonds. The fourth-order valence-corrected chi connectivity index (χ4v) is 1.65. The highest BCUT2D eigenvalue weighted by Crippen LogP contribution is 2.24. The molecule has 0 spiro atoms. The molecule has 0 aliphatic carbocycles. The summed E-state index contributed by atoms with van der Waals surface area (Å²) in [5.41, 5.74) is 0.0248. The van der Waals surface area contributed by atoms with E-state index in [1.54, 1.807) is 19.1 Å². The molecule has 0 unspecified atom stereocenters. The van der Waals surface area contributed by atoms with Crippen molar-refractivity contribution in [2.45, 2.75) is 6.92 Å². The summed E-state index contributed by atoms with van der Waals surface area (Å²) in [6.45, 7) is 1.98. The molecular weight excluding hydrogens is 302 g/mol. The van der Waals surface area contributed by atoms with E-state index in [-0.39, 0.29) is 18.2 Å². The van der Waals surface area contributed by atoms with Crippen LogP contribution in [0.1, 0.15) is 17.4 Å². The summed E-state index contributed by atoms with van der Waals surface area (Å²) >= 11 is 3.33. The van der Waals surface area contributed by atoms with Gasteiger partial charge in [-0.2, -0.15) is 0 Å². The molecule has 0 aliphatic rings. The van der Waals surface area contributed by atoms with Crippen LogP contribution in [0.3, 0.4) is 0 Å². The number of aromatic nitrogens is 3. The number of halogens is 1. The fourth-order valence-electron chi connectivity index (χ4n) is 1.27. The number of carbonyl (C=O) groups excluding carboxylic acids is 1. The molecule has 0 saturated heterocycles. The highest BCUT2D eigenvalue weighted by Gasteiger charge is 2.19. The fraction of sp³-hybridized carbons (Fsp3) is 0.182. The van der Waals surface area contributed by atoms with E-state index in [0.717, 1.165) is 4.47 Å². The lowest BCUT2D eigenvalue weighted by Crippen LogP contribution is -2.06. The van der Waals surface area contributed by atoms with E-state index in [1.807, 2.05) is 12.1 Å². The third kappa shape index (κ3) is 2.86. The van der Waals surface area contributed by atoms with Gasteiger partial charge in [-0.1, -0.05) is 27.2 Å². The zero-order valence-electron chi connectivity index (χ0n) is 9.51. The van der Waals surface area contributed by atoms with Gasteiger partial charge in [-0.05, 0) is 25.1 Å². The second kappa shape index (κ2) is 5.63. The number of aromatic amines is 1. The zero-order chi connectivity index (χ0) is 13.0. The van der Waals surface area contributed by atoms with Gasteiger partial charge in [-0.25, -0.2) is 9.89 Å². The van der Waals surface area contributed by atoms with Gasteiger partial charge in [0, 0.05) is 4.47 Å². The van der Waals surface area contributed by atoms with Crippen molar-refractivity contribution in [3.8, 4) is 11.6 Å². The van der Waals surface area contributed by atoms with Gasteiger partial charge < -0.3 is 9.47 Å². The van der Waals surface area contributed by atoms with Crippen molar-refractivity contribution in [3.05, 3.63) is 34.4 Å². The molecule has 18 heavy (non-hydrogen) atoms. The van der Waals surface area contributed by atoms with Crippen LogP contribution in [0.2, 0.25) is 0 Å². The molecule has 1 aromatic heterocycles. The van der Waals surface area contributed by atoms with Crippen molar-refractivity contribution in [1.29, 1.82) is 0 Å². The number of nitrogens with one attached hydrogen (secondary N) is 1. The zero-order valence-corrected chi connectivity index (χ0v) is 11.1. The molecule has 1 aromatic carbocycles. The van der Waals surface area contributed by atoms with Crippen LogP contribution >= 0.6 is 15.9 Å². The van der Waals surface area contributed by atoms with Crippen LogP contribution in [0.5, 0.6) is 11.6 Å². The maximum Gasteiger partial charge on any atom is 0.364 e. The molecule has 1 heterocycles. The van der Waals surface area contributed by atoms with E-state index >= 15 is 0 Å². The van der Waals surface area contributed by atoms with Crippen LogP contribution in [-0.2, 0) is 4.74 Å². The number of hydrogen-bond acceptors (Lipinski definition) is 5. The van der Waals surface area contributed by atoms with Crippen molar-refractivity contribution >= 4 is 21.9 Å². The van der Waals surface area contributed by atoms with Gasteiger partial charge in [0.05, 0.1) is 6.61 Å². The van der Waals surface area contributed by atoms with Crippen LogP contribution in [0.25, 0.3) is 0 Å². The van der Waals surface area contributed by atoms with E-state index in [9.17, 15) is 4.79 Å². The number of carbonyl (C=O) groups is 1. The standard InChI is InChI=1S/C11H10BrN3O3/c1-2-17-11(16)9-10(14-15-13-9)18-8-5-3-4-7(12)6-8/h3-6H,2H2,1H3,(H,13,14,15). The van der Waals surface area contributed by atoms with Crippen molar-refractivity contribution in [2.24, 2.45) is 0 Å². The Hall–Kier alpha value is -1.89. The molecular formula is C11H10BrN3O3. The summed E-state index contributed by atoms with van der Waals surface area (Å²) in [5.74, 6) is 0.142. The molecule has 0 saturated carbocycles. The van der Waals surface area contributed by atoms with E-state index in [1.165, 1.54) is 0 Å². The maximum atomic E-state index is 11.5. The van der Waals surface area contributed by atoms with Crippen molar-refractivity contribution in [1.82, 2.24) is 15.4 Å². The summed E-state index contributed by atoms with van der Waals surface area (Å²) in [7, 11) is 0. The first-order valence-electron chi connectivity index (χ1n) is 5.22. The van der Waals surface area contributed by atoms with Crippen molar-refractivity contribution < 1.29 is 14.3 Å². The predicted molar refractivity (Wildman–Crippen MR) is 66.6 cm³/mol. The Morgan fingerprint density at radius 1 is 1.50 bits per heavy atom. The Labute approximate surface area is 111 Å². The van der Waals surface area contributed by atoms with E-state index in [4.69, 9.17) is 9.47 Å². The van der Waals surface area contributed by atoms with Crippen LogP contribution in [0.4, 0.5) is 0 Å². The number of hydrogen-bond donors (Lipinski definition) is 1. The molecule has 2 aromatic rings. The molecule has 6 nitrogen and oxygen atoms in total. The number of nitrogens with zero attached hydrogens (tertiary/aromatic N) is 2. The lowest BCUT2D eigenvalue weighted by Gasteiger charge is -2.04. The summed E-state index contributed by atoms with van der Waals surface area (Å²) in [5, 5.41) is 9.68. The van der Waals surface area contributed by atoms with Gasteiger partial charge in [-0.3, -0.25) is 0 Å². The van der Waals surface area contributed by atoms with Crippen LogP contribution in [0.15, 0.2) is 28.7 Å². The van der Waals surface area contributed by atoms with Gasteiger partial charge in [-0.15, -0.1) is 5.10 Å². The van der Waals surface area contributed by atoms with Crippen molar-refractivity contribution in [2.75, 3.05) is 6.61 Å². The van der Waals surface area contributed by atoms with Crippen LogP contribution < -0.4 is 4.74 Å². The third-order valence-electron chi connectivity index (χ3n) is 2.00. The number of rotatable bonds is 4. The van der Waals surface area contributed by atoms with Gasteiger partial charge in [0.1, 0.15) is 5.75 Å². The Balaban J connectivity index is 2.20. The average Bonchev–Trinajstić information content (AvgIpc) is 2.77. The Morgan fingerprint density at radius 2 is 2.33 bits per heavy atom. The number of ether oxygens (including phenoxy) is 2. The summed E-state index contributed by atoms with van der Waals surface area (Å²) in [6, 6.07) is 7.19. The van der Waals surface area contributed by atoms with Crippen LogP contribution in [-0.4, -0.2) is 28.0 Å². The summed E-state index contributed by atoms with van der Waals surface area (Å²) < 4.78 is 11.2. The molecule has 0 fully saturated rings. The molecule has 1 N–H and O–H groups in total. The van der Waals surface area contributed by atoms with Crippen LogP contribution in [0, 0.1) is 0 Å². The first kappa shape index (κ1) is 12.6. The highest BCUT2D eigenvalue weighted by atomic mass is 79.9. The van der Waals surface area contributed by atoms with Gasteiger partial charge >= 0.3 is 5.97 Å². The first-order chi connectivity index (χ1) is 8.70. The quantitative estimate of drug-likeness (QED) is 0.878. The molecule has 0 bridgehead atoms. The minimum Gasteiger partial charge on any atom is -0.461 e. The topological polar surface area (TPSA) is 77.1 Å². The molecule has 94 valence electrons. The second-order valence-electron chi connectivity index (χ2n) is 3.27. The van der Waals surface area contributed by atoms with Gasteiger partial charge in [0.25, 0.3) is 5.88 Å². The smallest absolute Gasteiger partial charge is 0.364 e. The lowest BCUT2D eigenvalue weighted by atomic mass is 10.3. The number of esters is 1.